The molecule has 1 heterocycles. The Labute approximate surface area is 151 Å². The van der Waals surface area contributed by atoms with Gasteiger partial charge in [0.2, 0.25) is 5.91 Å². The molecule has 0 spiro atoms. The zero-order chi connectivity index (χ0) is 16.7. The van der Waals surface area contributed by atoms with E-state index < -0.39 is 5.41 Å². The minimum Gasteiger partial charge on any atom is -0.462 e. The zero-order valence-corrected chi connectivity index (χ0v) is 17.0. The largest absolute Gasteiger partial charge is 0.462 e. The molecule has 1 N–H and O–H groups in total. The van der Waals surface area contributed by atoms with Crippen molar-refractivity contribution in [1.82, 2.24) is 0 Å². The Hall–Kier alpha value is -0.400. The van der Waals surface area contributed by atoms with Crippen LogP contribution in [0.25, 0.3) is 0 Å². The van der Waals surface area contributed by atoms with E-state index in [1.54, 1.807) is 0 Å². The topological polar surface area (TPSA) is 55.4 Å². The number of thiophene rings is 1. The van der Waals surface area contributed by atoms with Crippen molar-refractivity contribution in [1.29, 1.82) is 0 Å². The second-order valence-corrected chi connectivity index (χ2v) is 10.8. The van der Waals surface area contributed by atoms with E-state index in [9.17, 15) is 9.59 Å². The van der Waals surface area contributed by atoms with Gasteiger partial charge >= 0.3 is 5.97 Å². The molecule has 0 aromatic carbocycles. The van der Waals surface area contributed by atoms with E-state index in [4.69, 9.17) is 4.74 Å². The van der Waals surface area contributed by atoms with Gasteiger partial charge in [-0.2, -0.15) is 0 Å². The number of hydrogen-bond acceptors (Lipinski definition) is 4. The van der Waals surface area contributed by atoms with Crippen molar-refractivity contribution in [3.05, 3.63) is 16.0 Å². The van der Waals surface area contributed by atoms with Crippen molar-refractivity contribution >= 4 is 60.1 Å². The van der Waals surface area contributed by atoms with Gasteiger partial charge in [0.05, 0.1) is 20.8 Å². The Kier molecular flexibility index (Phi) is 5.09. The number of nitrogens with one attached hydrogen (secondary N) is 1. The molecule has 122 valence electrons. The van der Waals surface area contributed by atoms with Crippen LogP contribution in [0.2, 0.25) is 0 Å². The summed E-state index contributed by atoms with van der Waals surface area (Å²) < 4.78 is 4.87. The standard InChI is InChI=1S/C15H19Br2NO3S/c1-5-6-21-12(19)10-8(2)9(3)22-11(10)18-13(20)14(4)7-15(14,16)17/h5-7H2,1-4H3,(H,18,20)/t14-/m1/s1. The quantitative estimate of drug-likeness (QED) is 0.517. The molecular formula is C15H19Br2NO3S. The highest BCUT2D eigenvalue weighted by Gasteiger charge is 2.66. The van der Waals surface area contributed by atoms with Gasteiger partial charge in [-0.3, -0.25) is 4.79 Å². The first-order valence-electron chi connectivity index (χ1n) is 7.10. The van der Waals surface area contributed by atoms with Gasteiger partial charge in [-0.1, -0.05) is 38.8 Å². The van der Waals surface area contributed by atoms with Crippen LogP contribution in [0, 0.1) is 19.3 Å². The number of ether oxygens (including phenoxy) is 1. The van der Waals surface area contributed by atoms with Crippen LogP contribution in [-0.2, 0) is 9.53 Å². The van der Waals surface area contributed by atoms with Gasteiger partial charge < -0.3 is 10.1 Å². The molecule has 0 radical (unpaired) electrons. The lowest BCUT2D eigenvalue weighted by Gasteiger charge is -2.13. The number of carbonyl (C=O) groups is 2. The van der Waals surface area contributed by atoms with Crippen molar-refractivity contribution in [2.24, 2.45) is 5.41 Å². The molecule has 1 fully saturated rings. The van der Waals surface area contributed by atoms with E-state index in [0.717, 1.165) is 16.9 Å². The van der Waals surface area contributed by atoms with Crippen LogP contribution in [-0.4, -0.2) is 21.7 Å². The molecule has 4 nitrogen and oxygen atoms in total. The number of anilines is 1. The zero-order valence-electron chi connectivity index (χ0n) is 13.0. The fraction of sp³-hybridized carbons (Fsp3) is 0.600. The molecule has 1 aromatic heterocycles. The van der Waals surface area contributed by atoms with E-state index >= 15 is 0 Å². The molecule has 2 rings (SSSR count). The molecular weight excluding hydrogens is 434 g/mol. The number of hydrogen-bond donors (Lipinski definition) is 1. The van der Waals surface area contributed by atoms with Crippen LogP contribution < -0.4 is 5.32 Å². The third kappa shape index (κ3) is 3.12. The van der Waals surface area contributed by atoms with Crippen molar-refractivity contribution < 1.29 is 14.3 Å². The molecule has 1 aliphatic rings. The molecule has 1 amide bonds. The second-order valence-electron chi connectivity index (χ2n) is 5.79. The lowest BCUT2D eigenvalue weighted by molar-refractivity contribution is -0.120. The van der Waals surface area contributed by atoms with Crippen LogP contribution in [0.15, 0.2) is 0 Å². The smallest absolute Gasteiger partial charge is 0.341 e. The third-order valence-corrected chi connectivity index (χ3v) is 7.45. The molecule has 7 heteroatoms. The van der Waals surface area contributed by atoms with Gasteiger partial charge in [0, 0.05) is 4.88 Å². The number of esters is 1. The predicted molar refractivity (Wildman–Crippen MR) is 96.3 cm³/mol. The Morgan fingerprint density at radius 3 is 2.45 bits per heavy atom. The molecule has 22 heavy (non-hydrogen) atoms. The maximum Gasteiger partial charge on any atom is 0.341 e. The maximum atomic E-state index is 12.5. The summed E-state index contributed by atoms with van der Waals surface area (Å²) in [6, 6.07) is 0. The second kappa shape index (κ2) is 6.24. The highest BCUT2D eigenvalue weighted by atomic mass is 79.9. The monoisotopic (exact) mass is 451 g/mol. The van der Waals surface area contributed by atoms with Gasteiger partial charge in [0.15, 0.2) is 0 Å². The lowest BCUT2D eigenvalue weighted by Crippen LogP contribution is -2.26. The first kappa shape index (κ1) is 17.9. The number of halogens is 2. The van der Waals surface area contributed by atoms with Gasteiger partial charge in [0.1, 0.15) is 5.00 Å². The lowest BCUT2D eigenvalue weighted by atomic mass is 10.1. The molecule has 0 unspecified atom stereocenters. The van der Waals surface area contributed by atoms with Crippen LogP contribution in [0.5, 0.6) is 0 Å². The average molecular weight is 453 g/mol. The summed E-state index contributed by atoms with van der Waals surface area (Å²) in [6.07, 6.45) is 1.47. The summed E-state index contributed by atoms with van der Waals surface area (Å²) in [5, 5.41) is 3.48. The van der Waals surface area contributed by atoms with Crippen molar-refractivity contribution in [3.8, 4) is 0 Å². The molecule has 0 saturated heterocycles. The van der Waals surface area contributed by atoms with Gasteiger partial charge in [-0.15, -0.1) is 11.3 Å². The Morgan fingerprint density at radius 2 is 1.95 bits per heavy atom. The first-order chi connectivity index (χ1) is 10.1. The summed E-state index contributed by atoms with van der Waals surface area (Å²) >= 11 is 8.40. The molecule has 0 bridgehead atoms. The Morgan fingerprint density at radius 1 is 1.36 bits per heavy atom. The highest BCUT2D eigenvalue weighted by molar-refractivity contribution is 9.25. The van der Waals surface area contributed by atoms with Gasteiger partial charge in [0.25, 0.3) is 0 Å². The van der Waals surface area contributed by atoms with Crippen LogP contribution >= 0.6 is 43.2 Å². The number of aryl methyl sites for hydroxylation is 1. The van der Waals surface area contributed by atoms with E-state index in [1.807, 2.05) is 27.7 Å². The minimum atomic E-state index is -0.524. The summed E-state index contributed by atoms with van der Waals surface area (Å²) in [4.78, 5) is 25.8. The fourth-order valence-corrected chi connectivity index (χ4v) is 4.64. The molecule has 1 aliphatic carbocycles. The summed E-state index contributed by atoms with van der Waals surface area (Å²) in [5.74, 6) is -0.476. The number of rotatable bonds is 5. The molecule has 1 saturated carbocycles. The number of alkyl halides is 2. The molecule has 1 atom stereocenters. The average Bonchev–Trinajstić information content (AvgIpc) is 2.82. The van der Waals surface area contributed by atoms with Gasteiger partial charge in [-0.05, 0) is 39.2 Å². The Balaban J connectivity index is 2.23. The van der Waals surface area contributed by atoms with Gasteiger partial charge in [-0.25, -0.2) is 4.79 Å². The molecule has 1 aromatic rings. The summed E-state index contributed by atoms with van der Waals surface area (Å²) in [6.45, 7) is 8.02. The summed E-state index contributed by atoms with van der Waals surface area (Å²) in [7, 11) is 0. The fourth-order valence-electron chi connectivity index (χ4n) is 2.12. The van der Waals surface area contributed by atoms with Crippen LogP contribution in [0.3, 0.4) is 0 Å². The van der Waals surface area contributed by atoms with E-state index in [-0.39, 0.29) is 15.1 Å². The van der Waals surface area contributed by atoms with Crippen molar-refractivity contribution in [3.63, 3.8) is 0 Å². The van der Waals surface area contributed by atoms with Crippen LogP contribution in [0.4, 0.5) is 5.00 Å². The highest BCUT2D eigenvalue weighted by Crippen LogP contribution is 2.66. The normalized spacial score (nSPS) is 22.3. The van der Waals surface area contributed by atoms with E-state index in [2.05, 4.69) is 37.2 Å². The van der Waals surface area contributed by atoms with Crippen molar-refractivity contribution in [2.75, 3.05) is 11.9 Å². The molecule has 0 aliphatic heterocycles. The van der Waals surface area contributed by atoms with Crippen molar-refractivity contribution in [2.45, 2.75) is 43.8 Å². The predicted octanol–water partition coefficient (Wildman–Crippen LogP) is 4.77. The van der Waals surface area contributed by atoms with E-state index in [0.29, 0.717) is 23.6 Å². The van der Waals surface area contributed by atoms with Crippen LogP contribution in [0.1, 0.15) is 47.5 Å². The minimum absolute atomic E-state index is 0.105. The Bertz CT molecular complexity index is 627. The first-order valence-corrected chi connectivity index (χ1v) is 9.50. The summed E-state index contributed by atoms with van der Waals surface area (Å²) in [5.41, 5.74) is 0.818. The SMILES string of the molecule is CCCOC(=O)c1c(NC(=O)[C@@]2(C)CC2(Br)Br)sc(C)c1C. The maximum absolute atomic E-state index is 12.5. The third-order valence-electron chi connectivity index (χ3n) is 4.01. The number of amides is 1. The number of carbonyl (C=O) groups excluding carboxylic acids is 2. The van der Waals surface area contributed by atoms with E-state index in [1.165, 1.54) is 11.3 Å².